The second-order valence-corrected chi connectivity index (χ2v) is 9.03. The van der Waals surface area contributed by atoms with Gasteiger partial charge >= 0.3 is 0 Å². The van der Waals surface area contributed by atoms with Crippen molar-refractivity contribution < 1.29 is 9.53 Å². The molecule has 8 nitrogen and oxygen atoms in total. The molecule has 2 aromatic carbocycles. The number of carbonyl (C=O) groups excluding carboxylic acids is 1. The summed E-state index contributed by atoms with van der Waals surface area (Å²) in [6.45, 7) is 5.62. The number of hydrogen-bond donors (Lipinski definition) is 2. The van der Waals surface area contributed by atoms with Crippen LogP contribution in [0.15, 0.2) is 58.4 Å². The smallest absolute Gasteiger partial charge is 0.283 e. The van der Waals surface area contributed by atoms with E-state index in [1.807, 2.05) is 62.4 Å². The monoisotopic (exact) mass is 463 g/mol. The summed E-state index contributed by atoms with van der Waals surface area (Å²) in [5, 5.41) is 7.95. The van der Waals surface area contributed by atoms with Crippen LogP contribution in [0.1, 0.15) is 32.8 Å². The van der Waals surface area contributed by atoms with E-state index in [2.05, 4.69) is 20.6 Å². The van der Waals surface area contributed by atoms with Gasteiger partial charge in [0.05, 0.1) is 34.3 Å². The Morgan fingerprint density at radius 3 is 2.61 bits per heavy atom. The highest BCUT2D eigenvalue weighted by Crippen LogP contribution is 2.27. The normalized spacial score (nSPS) is 11.8. The Labute approximate surface area is 194 Å². The number of nitrogens with one attached hydrogen (secondary N) is 2. The van der Waals surface area contributed by atoms with Crippen LogP contribution in [0.3, 0.4) is 0 Å². The average molecular weight is 464 g/mol. The van der Waals surface area contributed by atoms with Gasteiger partial charge in [-0.2, -0.15) is 9.78 Å². The predicted molar refractivity (Wildman–Crippen MR) is 131 cm³/mol. The molecule has 0 unspecified atom stereocenters. The highest BCUT2D eigenvalue weighted by molar-refractivity contribution is 7.20. The van der Waals surface area contributed by atoms with Crippen molar-refractivity contribution in [2.75, 3.05) is 7.11 Å². The van der Waals surface area contributed by atoms with E-state index in [-0.39, 0.29) is 17.4 Å². The first-order valence-corrected chi connectivity index (χ1v) is 11.4. The zero-order valence-corrected chi connectivity index (χ0v) is 19.7. The van der Waals surface area contributed by atoms with E-state index in [9.17, 15) is 9.59 Å². The summed E-state index contributed by atoms with van der Waals surface area (Å²) in [5.74, 6) is 0.718. The Hall–Kier alpha value is -3.72. The first kappa shape index (κ1) is 22.5. The average Bonchev–Trinajstić information content (AvgIpc) is 3.38. The van der Waals surface area contributed by atoms with Crippen LogP contribution in [0.5, 0.6) is 5.75 Å². The van der Waals surface area contributed by atoms with Gasteiger partial charge in [-0.05, 0) is 49.2 Å². The van der Waals surface area contributed by atoms with Crippen molar-refractivity contribution in [1.82, 2.24) is 20.2 Å². The highest BCUT2D eigenvalue weighted by Gasteiger charge is 2.21. The van der Waals surface area contributed by atoms with E-state index >= 15 is 0 Å². The van der Waals surface area contributed by atoms with Crippen LogP contribution in [0.25, 0.3) is 26.6 Å². The van der Waals surface area contributed by atoms with Gasteiger partial charge in [-0.15, -0.1) is 0 Å². The van der Waals surface area contributed by atoms with Gasteiger partial charge in [0.15, 0.2) is 0 Å². The van der Waals surface area contributed by atoms with Gasteiger partial charge in [0.25, 0.3) is 5.56 Å². The number of fused-ring (bicyclic) bond motifs is 1. The molecular formula is C24H25N5O3S. The van der Waals surface area contributed by atoms with Crippen LogP contribution in [-0.4, -0.2) is 33.5 Å². The van der Waals surface area contributed by atoms with Gasteiger partial charge in [0, 0.05) is 12.0 Å². The summed E-state index contributed by atoms with van der Waals surface area (Å²) < 4.78 is 7.66. The van der Waals surface area contributed by atoms with E-state index in [0.717, 1.165) is 15.8 Å². The maximum Gasteiger partial charge on any atom is 0.283 e. The molecule has 170 valence electrons. The molecule has 2 aromatic heterocycles. The van der Waals surface area contributed by atoms with Crippen LogP contribution < -0.4 is 15.7 Å². The second kappa shape index (κ2) is 9.41. The molecule has 4 rings (SSSR count). The molecule has 0 saturated heterocycles. The first-order chi connectivity index (χ1) is 15.9. The van der Waals surface area contributed by atoms with Crippen LogP contribution in [0.2, 0.25) is 0 Å². The lowest BCUT2D eigenvalue weighted by atomic mass is 10.1. The van der Waals surface area contributed by atoms with Crippen LogP contribution in [0, 0.1) is 5.92 Å². The zero-order chi connectivity index (χ0) is 23.5. The van der Waals surface area contributed by atoms with Crippen molar-refractivity contribution >= 4 is 33.2 Å². The molecule has 0 radical (unpaired) electrons. The number of carbonyl (C=O) groups is 1. The van der Waals surface area contributed by atoms with E-state index in [1.54, 1.807) is 14.0 Å². The molecule has 0 aliphatic rings. The maximum absolute atomic E-state index is 13.5. The summed E-state index contributed by atoms with van der Waals surface area (Å²) in [7, 11) is 1.60. The first-order valence-electron chi connectivity index (χ1n) is 10.6. The van der Waals surface area contributed by atoms with Crippen LogP contribution in [0.4, 0.5) is 0 Å². The van der Waals surface area contributed by atoms with Gasteiger partial charge in [-0.1, -0.05) is 37.3 Å². The predicted octanol–water partition coefficient (Wildman–Crippen LogP) is 4.34. The summed E-state index contributed by atoms with van der Waals surface area (Å²) in [6.07, 6.45) is 0.352. The fraction of sp³-hybridized carbons (Fsp3) is 0.250. The fourth-order valence-electron chi connectivity index (χ4n) is 3.45. The lowest BCUT2D eigenvalue weighted by molar-refractivity contribution is -0.121. The van der Waals surface area contributed by atoms with Crippen molar-refractivity contribution in [2.45, 2.75) is 27.2 Å². The number of amides is 1. The summed E-state index contributed by atoms with van der Waals surface area (Å²) in [4.78, 5) is 30.2. The third kappa shape index (κ3) is 4.73. The molecule has 4 aromatic rings. The van der Waals surface area contributed by atoms with Gasteiger partial charge in [0.1, 0.15) is 5.75 Å². The van der Waals surface area contributed by atoms with E-state index in [1.165, 1.54) is 16.0 Å². The Kier molecular flexibility index (Phi) is 6.41. The van der Waals surface area contributed by atoms with Gasteiger partial charge in [-0.3, -0.25) is 14.7 Å². The number of hydrazone groups is 1. The number of hydrogen-bond acceptors (Lipinski definition) is 6. The van der Waals surface area contributed by atoms with Crippen molar-refractivity contribution in [1.29, 1.82) is 0 Å². The molecule has 2 N–H and O–H groups in total. The third-order valence-electron chi connectivity index (χ3n) is 5.05. The van der Waals surface area contributed by atoms with Crippen LogP contribution >= 0.6 is 11.3 Å². The van der Waals surface area contributed by atoms with Crippen LogP contribution in [-0.2, 0) is 4.79 Å². The molecule has 9 heteroatoms. The largest absolute Gasteiger partial charge is 0.497 e. The lowest BCUT2D eigenvalue weighted by Crippen LogP contribution is -2.24. The lowest BCUT2D eigenvalue weighted by Gasteiger charge is -2.06. The minimum absolute atomic E-state index is 0.197. The SMILES string of the molecule is COc1ccc(-c2[nH]n(-c3nc4ccccc4s3)c(=O)c2/C(C)=N/NC(=O)CC(C)C)cc1. The number of aromatic nitrogens is 3. The van der Waals surface area contributed by atoms with Crippen molar-refractivity contribution in [2.24, 2.45) is 11.0 Å². The molecular weight excluding hydrogens is 438 g/mol. The Balaban J connectivity index is 1.82. The molecule has 0 fully saturated rings. The number of rotatable bonds is 7. The summed E-state index contributed by atoms with van der Waals surface area (Å²) in [6, 6.07) is 15.1. The molecule has 2 heterocycles. The number of methoxy groups -OCH3 is 1. The second-order valence-electron chi connectivity index (χ2n) is 8.03. The van der Waals surface area contributed by atoms with E-state index in [4.69, 9.17) is 4.74 Å². The highest BCUT2D eigenvalue weighted by atomic mass is 32.1. The molecule has 0 saturated carbocycles. The maximum atomic E-state index is 13.5. The van der Waals surface area contributed by atoms with Gasteiger partial charge in [-0.25, -0.2) is 10.4 Å². The van der Waals surface area contributed by atoms with Crippen molar-refractivity contribution in [3.8, 4) is 22.1 Å². The standard InChI is InChI=1S/C24H25N5O3S/c1-14(2)13-20(30)27-26-15(3)21-22(16-9-11-17(32-4)12-10-16)28-29(23(21)31)24-25-18-7-5-6-8-19(18)33-24/h5-12,14,28H,13H2,1-4H3,(H,27,30)/b26-15+. The third-order valence-corrected chi connectivity index (χ3v) is 6.07. The Morgan fingerprint density at radius 2 is 1.94 bits per heavy atom. The molecule has 0 aliphatic heterocycles. The Bertz CT molecular complexity index is 1350. The molecule has 0 aliphatic carbocycles. The van der Waals surface area contributed by atoms with Crippen molar-refractivity contribution in [3.63, 3.8) is 0 Å². The topological polar surface area (TPSA) is 101 Å². The Morgan fingerprint density at radius 1 is 1.21 bits per heavy atom. The minimum atomic E-state index is -0.292. The summed E-state index contributed by atoms with van der Waals surface area (Å²) >= 11 is 1.42. The van der Waals surface area contributed by atoms with Gasteiger partial charge < -0.3 is 4.74 Å². The van der Waals surface area contributed by atoms with E-state index < -0.39 is 0 Å². The summed E-state index contributed by atoms with van der Waals surface area (Å²) in [5.41, 5.74) is 5.22. The number of para-hydroxylation sites is 1. The zero-order valence-electron chi connectivity index (χ0n) is 18.9. The van der Waals surface area contributed by atoms with Crippen molar-refractivity contribution in [3.05, 3.63) is 64.4 Å². The minimum Gasteiger partial charge on any atom is -0.497 e. The van der Waals surface area contributed by atoms with E-state index in [0.29, 0.717) is 34.3 Å². The number of benzene rings is 2. The molecule has 0 bridgehead atoms. The molecule has 0 spiro atoms. The fourth-order valence-corrected chi connectivity index (χ4v) is 4.37. The number of ether oxygens (including phenoxy) is 1. The number of nitrogens with zero attached hydrogens (tertiary/aromatic N) is 3. The molecule has 33 heavy (non-hydrogen) atoms. The number of aromatic amines is 1. The van der Waals surface area contributed by atoms with Gasteiger partial charge in [0.2, 0.25) is 11.0 Å². The molecule has 0 atom stereocenters. The molecule has 1 amide bonds. The quantitative estimate of drug-likeness (QED) is 0.314. The number of thiazole rings is 1. The number of H-pyrrole nitrogens is 1.